The highest BCUT2D eigenvalue weighted by atomic mass is 32.2. The van der Waals surface area contributed by atoms with Crippen LogP contribution in [0, 0.1) is 18.7 Å². The summed E-state index contributed by atoms with van der Waals surface area (Å²) in [5, 5.41) is 8.98. The molecule has 1 aliphatic heterocycles. The zero-order chi connectivity index (χ0) is 15.8. The minimum absolute atomic E-state index is 0.0128. The van der Waals surface area contributed by atoms with Gasteiger partial charge in [-0.25, -0.2) is 17.6 Å². The third kappa shape index (κ3) is 3.08. The standard InChI is InChI=1S/C14H18FNO4S/c1-9-3-5-16(6-4-9)21(19,20)11-7-10(2)13(15)12(8-11)14(17)18/h7-9H,3-6H2,1-2H3,(H,17,18). The number of rotatable bonds is 3. The largest absolute Gasteiger partial charge is 0.478 e. The Morgan fingerprint density at radius 3 is 2.43 bits per heavy atom. The van der Waals surface area contributed by atoms with Crippen LogP contribution in [0.25, 0.3) is 0 Å². The number of hydrogen-bond acceptors (Lipinski definition) is 3. The highest BCUT2D eigenvalue weighted by molar-refractivity contribution is 7.89. The van der Waals surface area contributed by atoms with Gasteiger partial charge in [0.15, 0.2) is 0 Å². The molecule has 1 N–H and O–H groups in total. The summed E-state index contributed by atoms with van der Waals surface area (Å²) in [7, 11) is -3.78. The van der Waals surface area contributed by atoms with Crippen molar-refractivity contribution in [2.75, 3.05) is 13.1 Å². The number of carboxylic acid groups (broad SMARTS) is 1. The van der Waals surface area contributed by atoms with Gasteiger partial charge in [0, 0.05) is 13.1 Å². The Hall–Kier alpha value is -1.47. The molecule has 1 aromatic carbocycles. The van der Waals surface area contributed by atoms with Crippen molar-refractivity contribution in [1.29, 1.82) is 0 Å². The molecule has 1 fully saturated rings. The average molecular weight is 315 g/mol. The van der Waals surface area contributed by atoms with Crippen LogP contribution in [0.4, 0.5) is 4.39 Å². The average Bonchev–Trinajstić information content (AvgIpc) is 2.41. The SMILES string of the molecule is Cc1cc(S(=O)(=O)N2CCC(C)CC2)cc(C(=O)O)c1F. The lowest BCUT2D eigenvalue weighted by molar-refractivity contribution is 0.0691. The van der Waals surface area contributed by atoms with Crippen LogP contribution in [0.2, 0.25) is 0 Å². The van der Waals surface area contributed by atoms with Gasteiger partial charge in [0.05, 0.1) is 10.5 Å². The number of hydrogen-bond donors (Lipinski definition) is 1. The second kappa shape index (κ2) is 5.73. The lowest BCUT2D eigenvalue weighted by Gasteiger charge is -2.29. The summed E-state index contributed by atoms with van der Waals surface area (Å²) in [5.41, 5.74) is -0.599. The molecule has 0 amide bonds. The molecule has 0 unspecified atom stereocenters. The van der Waals surface area contributed by atoms with Gasteiger partial charge in [-0.3, -0.25) is 0 Å². The van der Waals surface area contributed by atoms with E-state index in [1.165, 1.54) is 17.3 Å². The van der Waals surface area contributed by atoms with Crippen LogP contribution < -0.4 is 0 Å². The van der Waals surface area contributed by atoms with Gasteiger partial charge in [0.1, 0.15) is 5.82 Å². The Bertz CT molecular complexity index is 664. The molecule has 0 saturated carbocycles. The van der Waals surface area contributed by atoms with Crippen LogP contribution in [0.3, 0.4) is 0 Å². The van der Waals surface area contributed by atoms with Gasteiger partial charge in [0.25, 0.3) is 0 Å². The number of aryl methyl sites for hydroxylation is 1. The number of benzene rings is 1. The molecule has 1 aromatic rings. The van der Waals surface area contributed by atoms with Crippen molar-refractivity contribution >= 4 is 16.0 Å². The van der Waals surface area contributed by atoms with Crippen LogP contribution in [0.15, 0.2) is 17.0 Å². The lowest BCUT2D eigenvalue weighted by Crippen LogP contribution is -2.38. The van der Waals surface area contributed by atoms with Crippen molar-refractivity contribution in [2.24, 2.45) is 5.92 Å². The van der Waals surface area contributed by atoms with E-state index in [0.29, 0.717) is 19.0 Å². The molecule has 0 aromatic heterocycles. The minimum atomic E-state index is -3.78. The first-order valence-corrected chi connectivity index (χ1v) is 8.21. The number of piperidine rings is 1. The molecule has 1 aliphatic rings. The molecule has 0 atom stereocenters. The van der Waals surface area contributed by atoms with Gasteiger partial charge in [-0.15, -0.1) is 0 Å². The summed E-state index contributed by atoms with van der Waals surface area (Å²) in [6.07, 6.45) is 1.54. The zero-order valence-electron chi connectivity index (χ0n) is 12.0. The summed E-state index contributed by atoms with van der Waals surface area (Å²) in [6.45, 7) is 4.23. The number of sulfonamides is 1. The Morgan fingerprint density at radius 1 is 1.33 bits per heavy atom. The zero-order valence-corrected chi connectivity index (χ0v) is 12.8. The summed E-state index contributed by atoms with van der Waals surface area (Å²) in [4.78, 5) is 10.9. The van der Waals surface area contributed by atoms with E-state index in [2.05, 4.69) is 6.92 Å². The van der Waals surface area contributed by atoms with Crippen molar-refractivity contribution in [1.82, 2.24) is 4.31 Å². The first-order valence-electron chi connectivity index (χ1n) is 6.77. The van der Waals surface area contributed by atoms with E-state index >= 15 is 0 Å². The van der Waals surface area contributed by atoms with E-state index in [1.807, 2.05) is 0 Å². The molecule has 1 heterocycles. The first-order chi connectivity index (χ1) is 9.73. The highest BCUT2D eigenvalue weighted by Crippen LogP contribution is 2.26. The third-order valence-corrected chi connectivity index (χ3v) is 5.72. The van der Waals surface area contributed by atoms with Gasteiger partial charge in [-0.1, -0.05) is 6.92 Å². The van der Waals surface area contributed by atoms with Crippen LogP contribution in [-0.2, 0) is 10.0 Å². The van der Waals surface area contributed by atoms with Crippen molar-refractivity contribution in [3.05, 3.63) is 29.1 Å². The topological polar surface area (TPSA) is 74.7 Å². The van der Waals surface area contributed by atoms with Crippen molar-refractivity contribution in [3.63, 3.8) is 0 Å². The number of aromatic carboxylic acids is 1. The van der Waals surface area contributed by atoms with Gasteiger partial charge in [0.2, 0.25) is 10.0 Å². The predicted octanol–water partition coefficient (Wildman–Crippen LogP) is 2.25. The number of carboxylic acids is 1. The van der Waals surface area contributed by atoms with Gasteiger partial charge < -0.3 is 5.11 Å². The quantitative estimate of drug-likeness (QED) is 0.928. The molecule has 1 saturated heterocycles. The van der Waals surface area contributed by atoms with Crippen LogP contribution in [-0.4, -0.2) is 36.9 Å². The van der Waals surface area contributed by atoms with Gasteiger partial charge in [-0.2, -0.15) is 4.31 Å². The molecule has 0 spiro atoms. The Morgan fingerprint density at radius 2 is 1.90 bits per heavy atom. The fraction of sp³-hybridized carbons (Fsp3) is 0.500. The highest BCUT2D eigenvalue weighted by Gasteiger charge is 2.29. The smallest absolute Gasteiger partial charge is 0.338 e. The summed E-state index contributed by atoms with van der Waals surface area (Å²) < 4.78 is 40.1. The Kier molecular flexibility index (Phi) is 4.34. The van der Waals surface area contributed by atoms with E-state index in [4.69, 9.17) is 5.11 Å². The fourth-order valence-electron chi connectivity index (χ4n) is 2.42. The van der Waals surface area contributed by atoms with E-state index < -0.39 is 27.4 Å². The molecule has 7 heteroatoms. The minimum Gasteiger partial charge on any atom is -0.478 e. The molecule has 0 aliphatic carbocycles. The maximum atomic E-state index is 13.7. The lowest BCUT2D eigenvalue weighted by atomic mass is 10.0. The third-order valence-electron chi connectivity index (χ3n) is 3.84. The van der Waals surface area contributed by atoms with Crippen LogP contribution in [0.1, 0.15) is 35.7 Å². The van der Waals surface area contributed by atoms with Crippen molar-refractivity contribution in [3.8, 4) is 0 Å². The molecular weight excluding hydrogens is 297 g/mol. The second-order valence-electron chi connectivity index (χ2n) is 5.49. The van der Waals surface area contributed by atoms with Crippen molar-refractivity contribution < 1.29 is 22.7 Å². The molecule has 2 rings (SSSR count). The van der Waals surface area contributed by atoms with Crippen molar-refractivity contribution in [2.45, 2.75) is 31.6 Å². The van der Waals surface area contributed by atoms with Gasteiger partial charge >= 0.3 is 5.97 Å². The molecule has 5 nitrogen and oxygen atoms in total. The number of halogens is 1. The van der Waals surface area contributed by atoms with Crippen LogP contribution in [0.5, 0.6) is 0 Å². The van der Waals surface area contributed by atoms with E-state index in [1.54, 1.807) is 0 Å². The maximum absolute atomic E-state index is 13.7. The predicted molar refractivity (Wildman–Crippen MR) is 75.3 cm³/mol. The molecular formula is C14H18FNO4S. The molecule has 0 radical (unpaired) electrons. The van der Waals surface area contributed by atoms with E-state index in [9.17, 15) is 17.6 Å². The monoisotopic (exact) mass is 315 g/mol. The number of nitrogens with zero attached hydrogens (tertiary/aromatic N) is 1. The fourth-order valence-corrected chi connectivity index (χ4v) is 4.00. The Balaban J connectivity index is 2.43. The van der Waals surface area contributed by atoms with E-state index in [-0.39, 0.29) is 10.5 Å². The molecule has 0 bridgehead atoms. The first kappa shape index (κ1) is 15.9. The number of carbonyl (C=O) groups is 1. The summed E-state index contributed by atoms with van der Waals surface area (Å²) >= 11 is 0. The van der Waals surface area contributed by atoms with Crippen LogP contribution >= 0.6 is 0 Å². The normalized spacial score (nSPS) is 17.9. The van der Waals surface area contributed by atoms with E-state index in [0.717, 1.165) is 18.9 Å². The molecule has 21 heavy (non-hydrogen) atoms. The molecule has 116 valence electrons. The summed E-state index contributed by atoms with van der Waals surface area (Å²) in [6, 6.07) is 2.09. The maximum Gasteiger partial charge on any atom is 0.338 e. The summed E-state index contributed by atoms with van der Waals surface area (Å²) in [5.74, 6) is -1.89. The Labute approximate surface area is 123 Å². The second-order valence-corrected chi connectivity index (χ2v) is 7.43. The van der Waals surface area contributed by atoms with Gasteiger partial charge in [-0.05, 0) is 43.4 Å².